The van der Waals surface area contributed by atoms with Crippen molar-refractivity contribution in [1.29, 1.82) is 0 Å². The second-order valence-electron chi connectivity index (χ2n) is 16.7. The number of ether oxygens (including phenoxy) is 1. The largest absolute Gasteiger partial charge is 0.460 e. The highest BCUT2D eigenvalue weighted by Crippen LogP contribution is 2.30. The zero-order valence-electron chi connectivity index (χ0n) is 33.6. The number of rotatable bonds is 14. The normalized spacial score (nSPS) is 18.0. The first kappa shape index (κ1) is 43.0. The van der Waals surface area contributed by atoms with Crippen molar-refractivity contribution in [2.45, 2.75) is 111 Å². The van der Waals surface area contributed by atoms with Crippen LogP contribution in [-0.4, -0.2) is 82.0 Å². The summed E-state index contributed by atoms with van der Waals surface area (Å²) < 4.78 is 5.51. The number of Topliss-reactive ketones (excluding diaryl/α,β-unsaturated/α-hetero) is 2. The number of carbonyl (C=O) groups is 5. The zero-order valence-corrected chi connectivity index (χ0v) is 33.6. The van der Waals surface area contributed by atoms with Crippen LogP contribution in [0.3, 0.4) is 0 Å². The molecule has 0 bridgehead atoms. The van der Waals surface area contributed by atoms with Crippen LogP contribution in [0.5, 0.6) is 0 Å². The summed E-state index contributed by atoms with van der Waals surface area (Å²) in [4.78, 5) is 74.1. The van der Waals surface area contributed by atoms with Crippen LogP contribution in [0.15, 0.2) is 78.9 Å². The van der Waals surface area contributed by atoms with Crippen LogP contribution >= 0.6 is 0 Å². The monoisotopic (exact) mass is 776 g/mol. The first-order valence-corrected chi connectivity index (χ1v) is 20.0. The number of hydrogen-bond donors (Lipinski definition) is 2. The third-order valence-electron chi connectivity index (χ3n) is 11.1. The van der Waals surface area contributed by atoms with Crippen LogP contribution in [0.25, 0.3) is 22.2 Å². The molecule has 10 heteroatoms. The highest BCUT2D eigenvalue weighted by atomic mass is 16.6. The summed E-state index contributed by atoms with van der Waals surface area (Å²) >= 11 is 0. The minimum Gasteiger partial charge on any atom is -0.460 e. The van der Waals surface area contributed by atoms with Gasteiger partial charge in [-0.2, -0.15) is 0 Å². The molecule has 0 unspecified atom stereocenters. The number of likely N-dealkylation sites (tertiary alicyclic amines) is 2. The van der Waals surface area contributed by atoms with Gasteiger partial charge in [0.05, 0.1) is 24.4 Å². The van der Waals surface area contributed by atoms with Crippen molar-refractivity contribution in [3.63, 3.8) is 0 Å². The number of carbonyl (C=O) groups excluding carboxylic acids is 5. The molecule has 2 fully saturated rings. The van der Waals surface area contributed by atoms with Crippen LogP contribution in [0, 0.1) is 11.8 Å². The molecule has 0 aliphatic carbocycles. The number of nitrogens with one attached hydrogen (secondary N) is 2. The minimum atomic E-state index is -0.633. The van der Waals surface area contributed by atoms with Gasteiger partial charge in [-0.15, -0.1) is 0 Å². The van der Waals surface area contributed by atoms with E-state index in [1.165, 1.54) is 0 Å². The Balaban J connectivity index is 0.00000620. The van der Waals surface area contributed by atoms with Crippen molar-refractivity contribution in [3.8, 4) is 11.3 Å². The predicted octanol–water partition coefficient (Wildman–Crippen LogP) is 7.64. The molecule has 2 aliphatic heterocycles. The fourth-order valence-electron chi connectivity index (χ4n) is 8.25. The summed E-state index contributed by atoms with van der Waals surface area (Å²) in [5.41, 5.74) is 4.86. The number of nitrogens with zero attached hydrogens (tertiary/aromatic N) is 2. The van der Waals surface area contributed by atoms with Gasteiger partial charge < -0.3 is 24.8 Å². The molecule has 2 amide bonds. The van der Waals surface area contributed by atoms with E-state index < -0.39 is 35.6 Å². The number of likely N-dealkylation sites (N-methyl/N-ethyl adjacent to an activating group) is 1. The summed E-state index contributed by atoms with van der Waals surface area (Å²) in [5.74, 6) is -1.20. The Hall–Kier alpha value is -5.09. The van der Waals surface area contributed by atoms with Crippen molar-refractivity contribution >= 4 is 40.3 Å². The van der Waals surface area contributed by atoms with Crippen molar-refractivity contribution in [2.75, 3.05) is 20.1 Å². The standard InChI is InChI=1S/C46H56N4O6.CH4/c1-29(2)35(28-42(53)56-46(3,4)5)44(54)49-22-10-14-38(49)40(51)25-30-16-19-32(20-17-30)37-27-34-24-31(18-21-36(34)48-37)26-41(52)39-15-11-23-50(39)45(55)43(47-6)33-12-8-7-9-13-33;/h7-9,12-13,16-21,24,27,29,35,38-39,43,47-48H,10-11,14-15,22-23,25-26,28H2,1-6H3;1H4/t35-,38+,39+,43-;/m1./s1. The van der Waals surface area contributed by atoms with E-state index in [9.17, 15) is 24.0 Å². The lowest BCUT2D eigenvalue weighted by atomic mass is 9.90. The number of fused-ring (bicyclic) bond motifs is 1. The van der Waals surface area contributed by atoms with Crippen LogP contribution in [0.1, 0.15) is 96.9 Å². The van der Waals surface area contributed by atoms with E-state index in [0.29, 0.717) is 25.9 Å². The maximum Gasteiger partial charge on any atom is 0.307 e. The van der Waals surface area contributed by atoms with Gasteiger partial charge in [0, 0.05) is 42.5 Å². The summed E-state index contributed by atoms with van der Waals surface area (Å²) in [6.07, 6.45) is 3.28. The molecule has 2 saturated heterocycles. The Labute approximate surface area is 337 Å². The summed E-state index contributed by atoms with van der Waals surface area (Å²) in [5, 5.41) is 4.12. The van der Waals surface area contributed by atoms with E-state index in [1.807, 2.05) is 107 Å². The number of benzene rings is 3. The quantitative estimate of drug-likeness (QED) is 0.126. The van der Waals surface area contributed by atoms with Gasteiger partial charge in [-0.05, 0) is 99.9 Å². The van der Waals surface area contributed by atoms with Gasteiger partial charge in [0.25, 0.3) is 0 Å². The fraction of sp³-hybridized carbons (Fsp3) is 0.468. The lowest BCUT2D eigenvalue weighted by Crippen LogP contribution is -2.46. The fourth-order valence-corrected chi connectivity index (χ4v) is 8.25. The molecule has 3 aromatic carbocycles. The molecule has 0 spiro atoms. The van der Waals surface area contributed by atoms with Gasteiger partial charge in [0.15, 0.2) is 11.6 Å². The Morgan fingerprint density at radius 3 is 1.95 bits per heavy atom. The molecule has 4 aromatic rings. The average Bonchev–Trinajstić information content (AvgIpc) is 3.94. The minimum absolute atomic E-state index is 0. The van der Waals surface area contributed by atoms with E-state index in [0.717, 1.165) is 51.7 Å². The average molecular weight is 777 g/mol. The molecule has 0 saturated carbocycles. The number of aromatic amines is 1. The van der Waals surface area contributed by atoms with Gasteiger partial charge in [-0.25, -0.2) is 0 Å². The van der Waals surface area contributed by atoms with E-state index >= 15 is 0 Å². The van der Waals surface area contributed by atoms with Crippen molar-refractivity contribution in [2.24, 2.45) is 11.8 Å². The summed E-state index contributed by atoms with van der Waals surface area (Å²) in [6.45, 7) is 10.4. The third-order valence-corrected chi connectivity index (χ3v) is 11.1. The van der Waals surface area contributed by atoms with Crippen molar-refractivity contribution < 1.29 is 28.7 Å². The van der Waals surface area contributed by atoms with Crippen LogP contribution in [0.2, 0.25) is 0 Å². The van der Waals surface area contributed by atoms with E-state index in [-0.39, 0.29) is 56.0 Å². The van der Waals surface area contributed by atoms with Gasteiger partial charge in [0.2, 0.25) is 11.8 Å². The van der Waals surface area contributed by atoms with Crippen molar-refractivity contribution in [3.05, 3.63) is 95.6 Å². The van der Waals surface area contributed by atoms with Crippen molar-refractivity contribution in [1.82, 2.24) is 20.1 Å². The smallest absolute Gasteiger partial charge is 0.307 e. The summed E-state index contributed by atoms with van der Waals surface area (Å²) in [7, 11) is 1.77. The molecule has 2 N–H and O–H groups in total. The van der Waals surface area contributed by atoms with Crippen LogP contribution in [-0.2, 0) is 41.6 Å². The first-order chi connectivity index (χ1) is 26.7. The third kappa shape index (κ3) is 10.3. The number of ketones is 2. The van der Waals surface area contributed by atoms with E-state index in [1.54, 1.807) is 16.8 Å². The van der Waals surface area contributed by atoms with E-state index in [2.05, 4.69) is 16.4 Å². The highest BCUT2D eigenvalue weighted by Gasteiger charge is 2.39. The second kappa shape index (κ2) is 18.4. The number of H-pyrrole nitrogens is 1. The molecule has 304 valence electrons. The van der Waals surface area contributed by atoms with Gasteiger partial charge in [-0.1, -0.05) is 81.9 Å². The Bertz CT molecular complexity index is 2050. The lowest BCUT2D eigenvalue weighted by Gasteiger charge is -2.30. The lowest BCUT2D eigenvalue weighted by molar-refractivity contribution is -0.159. The number of esters is 1. The molecule has 3 heterocycles. The molecule has 10 nitrogen and oxygen atoms in total. The van der Waals surface area contributed by atoms with E-state index in [4.69, 9.17) is 4.74 Å². The number of aromatic nitrogens is 1. The predicted molar refractivity (Wildman–Crippen MR) is 224 cm³/mol. The number of hydrogen-bond acceptors (Lipinski definition) is 7. The zero-order chi connectivity index (χ0) is 40.1. The maximum absolute atomic E-state index is 13.7. The molecule has 4 atom stereocenters. The molecule has 2 aliphatic rings. The Morgan fingerprint density at radius 1 is 0.789 bits per heavy atom. The Kier molecular flexibility index (Phi) is 13.9. The molecule has 6 rings (SSSR count). The molecule has 1 aromatic heterocycles. The van der Waals surface area contributed by atoms with Gasteiger partial charge in [0.1, 0.15) is 11.6 Å². The molecular formula is C47H60N4O6. The van der Waals surface area contributed by atoms with Crippen LogP contribution < -0.4 is 5.32 Å². The molecular weight excluding hydrogens is 717 g/mol. The molecule has 0 radical (unpaired) electrons. The number of amides is 2. The second-order valence-corrected chi connectivity index (χ2v) is 16.7. The van der Waals surface area contributed by atoms with Crippen LogP contribution in [0.4, 0.5) is 0 Å². The molecule has 57 heavy (non-hydrogen) atoms. The van der Waals surface area contributed by atoms with Gasteiger partial charge >= 0.3 is 5.97 Å². The maximum atomic E-state index is 13.7. The SMILES string of the molecule is C.CN[C@@H](C(=O)N1CCC[C@H]1C(=O)Cc1ccc2[nH]c(-c3ccc(CC(=O)[C@@H]4CCCN4C(=O)[C@H](CC(=O)OC(C)(C)C)C(C)C)cc3)cc2c1)c1ccccc1. The highest BCUT2D eigenvalue weighted by molar-refractivity contribution is 5.95. The summed E-state index contributed by atoms with van der Waals surface area (Å²) in [6, 6.07) is 24.1. The van der Waals surface area contributed by atoms with Gasteiger partial charge in [-0.3, -0.25) is 24.0 Å². The first-order valence-electron chi connectivity index (χ1n) is 20.0. The Morgan fingerprint density at radius 2 is 1.37 bits per heavy atom. The topological polar surface area (TPSA) is 129 Å².